The fourth-order valence-electron chi connectivity index (χ4n) is 3.50. The van der Waals surface area contributed by atoms with Gasteiger partial charge in [-0.25, -0.2) is 4.68 Å². The van der Waals surface area contributed by atoms with Crippen LogP contribution in [0, 0.1) is 0 Å². The van der Waals surface area contributed by atoms with E-state index < -0.39 is 0 Å². The van der Waals surface area contributed by atoms with Crippen molar-refractivity contribution in [3.05, 3.63) is 102 Å². The van der Waals surface area contributed by atoms with E-state index in [0.29, 0.717) is 12.1 Å². The lowest BCUT2D eigenvalue weighted by Crippen LogP contribution is -2.12. The van der Waals surface area contributed by atoms with Crippen LogP contribution in [0.15, 0.2) is 91.0 Å². The van der Waals surface area contributed by atoms with Crippen molar-refractivity contribution >= 4 is 33.4 Å². The Kier molecular flexibility index (Phi) is 4.26. The first-order chi connectivity index (χ1) is 14.3. The highest BCUT2D eigenvalue weighted by Gasteiger charge is 2.09. The Hall–Kier alpha value is -3.99. The molecule has 1 aromatic heterocycles. The zero-order valence-corrected chi connectivity index (χ0v) is 15.6. The Morgan fingerprint density at radius 1 is 0.828 bits per heavy atom. The first-order valence-electron chi connectivity index (χ1n) is 9.44. The molecule has 1 amide bonds. The summed E-state index contributed by atoms with van der Waals surface area (Å²) >= 11 is 0. The third kappa shape index (κ3) is 3.34. The van der Waals surface area contributed by atoms with Crippen LogP contribution in [-0.4, -0.2) is 20.9 Å². The molecule has 0 aliphatic carbocycles. The van der Waals surface area contributed by atoms with Crippen molar-refractivity contribution in [3.63, 3.8) is 0 Å². The van der Waals surface area contributed by atoms with Gasteiger partial charge in [-0.05, 0) is 41.3 Å². The number of carbonyl (C=O) groups excluding carboxylic acids is 1. The van der Waals surface area contributed by atoms with Gasteiger partial charge in [-0.15, -0.1) is 5.10 Å². The molecule has 4 aromatic carbocycles. The highest BCUT2D eigenvalue weighted by molar-refractivity contribution is 6.09. The molecular formula is C24H18N4O. The summed E-state index contributed by atoms with van der Waals surface area (Å²) in [6, 6.07) is 29.4. The largest absolute Gasteiger partial charge is 0.321 e. The molecule has 0 atom stereocenters. The highest BCUT2D eigenvalue weighted by atomic mass is 16.1. The van der Waals surface area contributed by atoms with E-state index in [2.05, 4.69) is 15.6 Å². The topological polar surface area (TPSA) is 59.8 Å². The molecule has 0 aliphatic rings. The van der Waals surface area contributed by atoms with Gasteiger partial charge in [-0.1, -0.05) is 65.9 Å². The molecule has 0 fully saturated rings. The Morgan fingerprint density at radius 3 is 2.48 bits per heavy atom. The van der Waals surface area contributed by atoms with Crippen LogP contribution in [0.1, 0.15) is 15.9 Å². The molecule has 140 valence electrons. The Balaban J connectivity index is 1.35. The third-order valence-electron chi connectivity index (χ3n) is 5.01. The van der Waals surface area contributed by atoms with Gasteiger partial charge >= 0.3 is 0 Å². The van der Waals surface area contributed by atoms with E-state index in [1.54, 1.807) is 0 Å². The number of para-hydroxylation sites is 1. The Morgan fingerprint density at radius 2 is 1.59 bits per heavy atom. The van der Waals surface area contributed by atoms with Crippen molar-refractivity contribution < 1.29 is 4.79 Å². The van der Waals surface area contributed by atoms with Gasteiger partial charge < -0.3 is 5.32 Å². The lowest BCUT2D eigenvalue weighted by atomic mass is 10.1. The monoisotopic (exact) mass is 378 g/mol. The molecule has 0 bridgehead atoms. The minimum absolute atomic E-state index is 0.126. The number of benzene rings is 4. The number of aromatic nitrogens is 3. The number of rotatable bonds is 4. The summed E-state index contributed by atoms with van der Waals surface area (Å²) in [5.74, 6) is -0.126. The molecule has 29 heavy (non-hydrogen) atoms. The number of nitrogens with zero attached hydrogens (tertiary/aromatic N) is 3. The van der Waals surface area contributed by atoms with Gasteiger partial charge in [0.15, 0.2) is 0 Å². The number of amides is 1. The van der Waals surface area contributed by atoms with Crippen LogP contribution in [0.5, 0.6) is 0 Å². The molecule has 5 aromatic rings. The quantitative estimate of drug-likeness (QED) is 0.485. The summed E-state index contributed by atoms with van der Waals surface area (Å²) in [5.41, 5.74) is 4.35. The normalized spacial score (nSPS) is 11.0. The molecule has 1 N–H and O–H groups in total. The molecule has 0 unspecified atom stereocenters. The van der Waals surface area contributed by atoms with Gasteiger partial charge in [0, 0.05) is 16.6 Å². The van der Waals surface area contributed by atoms with Crippen molar-refractivity contribution in [3.8, 4) is 0 Å². The van der Waals surface area contributed by atoms with Crippen LogP contribution < -0.4 is 5.32 Å². The maximum absolute atomic E-state index is 12.7. The number of hydrogen-bond acceptors (Lipinski definition) is 3. The zero-order valence-electron chi connectivity index (χ0n) is 15.6. The second kappa shape index (κ2) is 7.20. The number of nitrogens with one attached hydrogen (secondary N) is 1. The maximum atomic E-state index is 12.7. The standard InChI is InChI=1S/C24H18N4O/c29-24(25-21-10-5-7-18-6-1-2-8-20(18)21)19-14-12-17(13-15-19)16-28-23-11-4-3-9-22(23)26-27-28/h1-15H,16H2,(H,25,29). The molecular weight excluding hydrogens is 360 g/mol. The lowest BCUT2D eigenvalue weighted by molar-refractivity contribution is 0.102. The average molecular weight is 378 g/mol. The first-order valence-corrected chi connectivity index (χ1v) is 9.44. The fraction of sp³-hybridized carbons (Fsp3) is 0.0417. The summed E-state index contributed by atoms with van der Waals surface area (Å²) in [6.45, 7) is 0.603. The van der Waals surface area contributed by atoms with E-state index in [-0.39, 0.29) is 5.91 Å². The van der Waals surface area contributed by atoms with E-state index in [9.17, 15) is 4.79 Å². The SMILES string of the molecule is O=C(Nc1cccc2ccccc12)c1ccc(Cn2nnc3ccccc32)cc1. The second-order valence-electron chi connectivity index (χ2n) is 6.91. The minimum atomic E-state index is -0.126. The van der Waals surface area contributed by atoms with Crippen molar-refractivity contribution in [1.29, 1.82) is 0 Å². The Labute approximate surface area is 167 Å². The van der Waals surface area contributed by atoms with Crippen LogP contribution in [0.25, 0.3) is 21.8 Å². The smallest absolute Gasteiger partial charge is 0.255 e. The van der Waals surface area contributed by atoms with Crippen molar-refractivity contribution in [2.24, 2.45) is 0 Å². The van der Waals surface area contributed by atoms with Crippen molar-refractivity contribution in [2.75, 3.05) is 5.32 Å². The molecule has 1 heterocycles. The van der Waals surface area contributed by atoms with E-state index in [1.807, 2.05) is 95.7 Å². The molecule has 0 saturated carbocycles. The van der Waals surface area contributed by atoms with Gasteiger partial charge in [0.25, 0.3) is 5.91 Å². The number of anilines is 1. The summed E-state index contributed by atoms with van der Waals surface area (Å²) in [6.07, 6.45) is 0. The van der Waals surface area contributed by atoms with E-state index >= 15 is 0 Å². The first kappa shape index (κ1) is 17.1. The molecule has 0 spiro atoms. The van der Waals surface area contributed by atoms with E-state index in [4.69, 9.17) is 0 Å². The highest BCUT2D eigenvalue weighted by Crippen LogP contribution is 2.23. The lowest BCUT2D eigenvalue weighted by Gasteiger charge is -2.09. The molecule has 5 nitrogen and oxygen atoms in total. The number of hydrogen-bond donors (Lipinski definition) is 1. The molecule has 0 saturated heterocycles. The molecule has 0 aliphatic heterocycles. The van der Waals surface area contributed by atoms with Crippen molar-refractivity contribution in [1.82, 2.24) is 15.0 Å². The third-order valence-corrected chi connectivity index (χ3v) is 5.01. The molecule has 5 heteroatoms. The molecule has 5 rings (SSSR count). The van der Waals surface area contributed by atoms with Gasteiger partial charge in [0.05, 0.1) is 12.1 Å². The number of fused-ring (bicyclic) bond motifs is 2. The second-order valence-corrected chi connectivity index (χ2v) is 6.91. The summed E-state index contributed by atoms with van der Waals surface area (Å²) in [7, 11) is 0. The van der Waals surface area contributed by atoms with E-state index in [1.165, 1.54) is 0 Å². The van der Waals surface area contributed by atoms with Crippen LogP contribution in [0.4, 0.5) is 5.69 Å². The maximum Gasteiger partial charge on any atom is 0.255 e. The summed E-state index contributed by atoms with van der Waals surface area (Å²) in [4.78, 5) is 12.7. The summed E-state index contributed by atoms with van der Waals surface area (Å²) in [5, 5.41) is 13.5. The van der Waals surface area contributed by atoms with Crippen molar-refractivity contribution in [2.45, 2.75) is 6.54 Å². The Bertz CT molecular complexity index is 1320. The predicted octanol–water partition coefficient (Wildman–Crippen LogP) is 4.89. The number of carbonyl (C=O) groups is 1. The van der Waals surface area contributed by atoms with Gasteiger partial charge in [-0.3, -0.25) is 4.79 Å². The van der Waals surface area contributed by atoms with Crippen LogP contribution in [-0.2, 0) is 6.54 Å². The molecule has 0 radical (unpaired) electrons. The fourth-order valence-corrected chi connectivity index (χ4v) is 3.50. The predicted molar refractivity (Wildman–Crippen MR) is 115 cm³/mol. The average Bonchev–Trinajstić information content (AvgIpc) is 3.17. The zero-order chi connectivity index (χ0) is 19.6. The van der Waals surface area contributed by atoms with Crippen LogP contribution in [0.3, 0.4) is 0 Å². The van der Waals surface area contributed by atoms with Crippen LogP contribution in [0.2, 0.25) is 0 Å². The van der Waals surface area contributed by atoms with Gasteiger partial charge in [0.2, 0.25) is 0 Å². The van der Waals surface area contributed by atoms with E-state index in [0.717, 1.165) is 33.1 Å². The van der Waals surface area contributed by atoms with Crippen LogP contribution >= 0.6 is 0 Å². The van der Waals surface area contributed by atoms with Gasteiger partial charge in [0.1, 0.15) is 5.52 Å². The summed E-state index contributed by atoms with van der Waals surface area (Å²) < 4.78 is 1.86. The van der Waals surface area contributed by atoms with Gasteiger partial charge in [-0.2, -0.15) is 0 Å². The minimum Gasteiger partial charge on any atom is -0.321 e.